The van der Waals surface area contributed by atoms with E-state index in [2.05, 4.69) is 4.98 Å². The molecule has 188 valence electrons. The van der Waals surface area contributed by atoms with Crippen molar-refractivity contribution in [1.29, 1.82) is 0 Å². The van der Waals surface area contributed by atoms with Crippen molar-refractivity contribution in [2.24, 2.45) is 5.73 Å². The van der Waals surface area contributed by atoms with Crippen molar-refractivity contribution >= 4 is 52.1 Å². The Morgan fingerprint density at radius 2 is 1.67 bits per heavy atom. The van der Waals surface area contributed by atoms with E-state index in [-0.39, 0.29) is 10.9 Å². The number of halogens is 5. The normalized spacial score (nSPS) is 14.2. The number of hydrogen-bond acceptors (Lipinski definition) is 4. The van der Waals surface area contributed by atoms with Crippen LogP contribution in [0.25, 0.3) is 11.1 Å². The lowest BCUT2D eigenvalue weighted by Crippen LogP contribution is -2.49. The van der Waals surface area contributed by atoms with Crippen molar-refractivity contribution in [1.82, 2.24) is 9.88 Å². The summed E-state index contributed by atoms with van der Waals surface area (Å²) < 4.78 is 38.9. The second-order valence-electron chi connectivity index (χ2n) is 8.39. The molecule has 0 unspecified atom stereocenters. The summed E-state index contributed by atoms with van der Waals surface area (Å²) in [4.78, 5) is 21.5. The second kappa shape index (κ2) is 10.2. The molecular formula is C25H21Cl2F3N4OS. The summed E-state index contributed by atoms with van der Waals surface area (Å²) in [5.74, 6) is 0.430. The minimum atomic E-state index is -4.43. The van der Waals surface area contributed by atoms with Gasteiger partial charge in [-0.2, -0.15) is 13.2 Å². The quantitative estimate of drug-likeness (QED) is 0.403. The molecule has 5 nitrogen and oxygen atoms in total. The van der Waals surface area contributed by atoms with E-state index in [0.29, 0.717) is 69.9 Å². The molecule has 36 heavy (non-hydrogen) atoms. The van der Waals surface area contributed by atoms with Crippen molar-refractivity contribution < 1.29 is 18.0 Å². The van der Waals surface area contributed by atoms with Gasteiger partial charge >= 0.3 is 6.18 Å². The van der Waals surface area contributed by atoms with Crippen LogP contribution in [0.4, 0.5) is 19.0 Å². The predicted octanol–water partition coefficient (Wildman–Crippen LogP) is 5.98. The standard InChI is InChI=1S/C25H21Cl2F3N4OS/c1-14-10-19(15-2-4-16(5-3-15)25(28,29)30)20(22(31)36)12-18(14)24(35)34-8-6-33(7-9-34)23-21(27)11-17(26)13-32-23/h2-5,10-13H,6-9H2,1H3,(H2,31,36). The number of carbonyl (C=O) groups is 1. The first-order chi connectivity index (χ1) is 17.0. The van der Waals surface area contributed by atoms with E-state index in [0.717, 1.165) is 12.1 Å². The van der Waals surface area contributed by atoms with E-state index >= 15 is 0 Å². The number of piperazine rings is 1. The van der Waals surface area contributed by atoms with Crippen LogP contribution >= 0.6 is 35.4 Å². The van der Waals surface area contributed by atoms with Gasteiger partial charge < -0.3 is 15.5 Å². The predicted molar refractivity (Wildman–Crippen MR) is 140 cm³/mol. The van der Waals surface area contributed by atoms with E-state index in [1.54, 1.807) is 30.0 Å². The van der Waals surface area contributed by atoms with Crippen LogP contribution in [0.3, 0.4) is 0 Å². The molecule has 3 aromatic rings. The maximum absolute atomic E-state index is 13.4. The summed E-state index contributed by atoms with van der Waals surface area (Å²) in [7, 11) is 0. The monoisotopic (exact) mass is 552 g/mol. The highest BCUT2D eigenvalue weighted by molar-refractivity contribution is 7.80. The fourth-order valence-corrected chi connectivity index (χ4v) is 4.82. The molecule has 2 aromatic carbocycles. The van der Waals surface area contributed by atoms with Gasteiger partial charge in [0.1, 0.15) is 10.8 Å². The minimum absolute atomic E-state index is 0.0484. The smallest absolute Gasteiger partial charge is 0.389 e. The molecule has 4 rings (SSSR count). The van der Waals surface area contributed by atoms with Gasteiger partial charge in [0.05, 0.1) is 15.6 Å². The van der Waals surface area contributed by atoms with Gasteiger partial charge in [0.2, 0.25) is 0 Å². The number of amides is 1. The molecular weight excluding hydrogens is 532 g/mol. The van der Waals surface area contributed by atoms with Gasteiger partial charge in [0.25, 0.3) is 5.91 Å². The van der Waals surface area contributed by atoms with Crippen molar-refractivity contribution in [3.63, 3.8) is 0 Å². The van der Waals surface area contributed by atoms with Gasteiger partial charge in [-0.05, 0) is 53.9 Å². The Morgan fingerprint density at radius 1 is 1.03 bits per heavy atom. The molecule has 11 heteroatoms. The highest BCUT2D eigenvalue weighted by Gasteiger charge is 2.30. The summed E-state index contributed by atoms with van der Waals surface area (Å²) in [6.45, 7) is 3.73. The van der Waals surface area contributed by atoms with E-state index in [1.165, 1.54) is 18.3 Å². The number of hydrogen-bond donors (Lipinski definition) is 1. The van der Waals surface area contributed by atoms with Crippen LogP contribution in [0.15, 0.2) is 48.7 Å². The third-order valence-corrected chi connectivity index (χ3v) is 6.74. The molecule has 0 radical (unpaired) electrons. The number of rotatable bonds is 4. The largest absolute Gasteiger partial charge is 0.416 e. The van der Waals surface area contributed by atoms with Gasteiger partial charge in [-0.15, -0.1) is 0 Å². The first-order valence-electron chi connectivity index (χ1n) is 10.9. The Hall–Kier alpha value is -2.88. The van der Waals surface area contributed by atoms with Gasteiger partial charge in [-0.1, -0.05) is 47.6 Å². The molecule has 0 bridgehead atoms. The molecule has 2 N–H and O–H groups in total. The average molecular weight is 553 g/mol. The van der Waals surface area contributed by atoms with Gasteiger partial charge in [0.15, 0.2) is 0 Å². The SMILES string of the molecule is Cc1cc(-c2ccc(C(F)(F)F)cc2)c(C(N)=S)cc1C(=O)N1CCN(c2ncc(Cl)cc2Cl)CC1. The molecule has 0 aliphatic carbocycles. The molecule has 1 fully saturated rings. The fraction of sp³-hybridized carbons (Fsp3) is 0.240. The van der Waals surface area contributed by atoms with Crippen LogP contribution < -0.4 is 10.6 Å². The van der Waals surface area contributed by atoms with Crippen LogP contribution in [0.5, 0.6) is 0 Å². The molecule has 1 amide bonds. The number of benzene rings is 2. The summed E-state index contributed by atoms with van der Waals surface area (Å²) in [5.41, 5.74) is 7.81. The minimum Gasteiger partial charge on any atom is -0.389 e. The Balaban J connectivity index is 1.57. The number of aryl methyl sites for hydroxylation is 1. The van der Waals surface area contributed by atoms with Gasteiger partial charge in [-0.25, -0.2) is 4.98 Å². The van der Waals surface area contributed by atoms with Crippen LogP contribution in [-0.2, 0) is 6.18 Å². The Morgan fingerprint density at radius 3 is 2.22 bits per heavy atom. The summed E-state index contributed by atoms with van der Waals surface area (Å²) >= 11 is 17.4. The van der Waals surface area contributed by atoms with Crippen molar-refractivity contribution in [3.05, 3.63) is 81.0 Å². The summed E-state index contributed by atoms with van der Waals surface area (Å²) in [6, 6.07) is 9.74. The van der Waals surface area contributed by atoms with Crippen molar-refractivity contribution in [2.75, 3.05) is 31.1 Å². The lowest BCUT2D eigenvalue weighted by molar-refractivity contribution is -0.137. The van der Waals surface area contributed by atoms with Crippen LogP contribution in [0.1, 0.15) is 27.0 Å². The van der Waals surface area contributed by atoms with Crippen molar-refractivity contribution in [3.8, 4) is 11.1 Å². The summed E-state index contributed by atoms with van der Waals surface area (Å²) in [5, 5.41) is 0.888. The molecule has 1 aromatic heterocycles. The topological polar surface area (TPSA) is 62.5 Å². The maximum Gasteiger partial charge on any atom is 0.416 e. The third kappa shape index (κ3) is 5.43. The van der Waals surface area contributed by atoms with Crippen LogP contribution in [0.2, 0.25) is 10.0 Å². The van der Waals surface area contributed by atoms with Gasteiger partial charge in [0, 0.05) is 43.5 Å². The number of anilines is 1. The average Bonchev–Trinajstić information content (AvgIpc) is 2.83. The first-order valence-corrected chi connectivity index (χ1v) is 12.1. The Labute approximate surface area is 221 Å². The van der Waals surface area contributed by atoms with Crippen LogP contribution in [0, 0.1) is 6.92 Å². The van der Waals surface area contributed by atoms with E-state index in [4.69, 9.17) is 41.2 Å². The lowest BCUT2D eigenvalue weighted by atomic mass is 9.93. The number of pyridine rings is 1. The van der Waals surface area contributed by atoms with Gasteiger partial charge in [-0.3, -0.25) is 4.79 Å². The van der Waals surface area contributed by atoms with E-state index in [9.17, 15) is 18.0 Å². The molecule has 2 heterocycles. The molecule has 1 aliphatic heterocycles. The number of thiocarbonyl (C=S) groups is 1. The first kappa shape index (κ1) is 26.2. The zero-order chi connectivity index (χ0) is 26.2. The van der Waals surface area contributed by atoms with Crippen molar-refractivity contribution in [2.45, 2.75) is 13.1 Å². The summed E-state index contributed by atoms with van der Waals surface area (Å²) in [6.07, 6.45) is -2.91. The Kier molecular flexibility index (Phi) is 7.45. The number of nitrogens with two attached hydrogens (primary N) is 1. The highest BCUT2D eigenvalue weighted by Crippen LogP contribution is 2.33. The zero-order valence-electron chi connectivity index (χ0n) is 19.1. The molecule has 1 aliphatic rings. The van der Waals surface area contributed by atoms with E-state index < -0.39 is 11.7 Å². The number of nitrogens with zero attached hydrogens (tertiary/aromatic N) is 3. The fourth-order valence-electron chi connectivity index (χ4n) is 4.15. The molecule has 0 spiro atoms. The number of aromatic nitrogens is 1. The second-order valence-corrected chi connectivity index (χ2v) is 9.67. The van der Waals surface area contributed by atoms with E-state index in [1.807, 2.05) is 4.90 Å². The maximum atomic E-state index is 13.4. The molecule has 0 saturated carbocycles. The highest BCUT2D eigenvalue weighted by atomic mass is 35.5. The third-order valence-electron chi connectivity index (χ3n) is 6.04. The molecule has 1 saturated heterocycles. The Bertz CT molecular complexity index is 1320. The van der Waals surface area contributed by atoms with Crippen LogP contribution in [-0.4, -0.2) is 47.0 Å². The number of alkyl halides is 3. The number of carbonyl (C=O) groups excluding carboxylic acids is 1. The lowest BCUT2D eigenvalue weighted by Gasteiger charge is -2.36. The zero-order valence-corrected chi connectivity index (χ0v) is 21.4. The molecule has 0 atom stereocenters.